The Morgan fingerprint density at radius 1 is 1.20 bits per heavy atom. The molecule has 1 amide bonds. The van der Waals surface area contributed by atoms with Gasteiger partial charge in [-0.05, 0) is 42.8 Å². The maximum absolute atomic E-state index is 13.0. The summed E-state index contributed by atoms with van der Waals surface area (Å²) in [6, 6.07) is 13.0. The molecule has 3 rings (SSSR count). The molecule has 1 heterocycles. The number of hydrogen-bond donors (Lipinski definition) is 1. The number of carbonyl (C=O) groups excluding carboxylic acids is 2. The minimum absolute atomic E-state index is 0.00546. The van der Waals surface area contributed by atoms with Crippen molar-refractivity contribution in [1.29, 1.82) is 0 Å². The summed E-state index contributed by atoms with van der Waals surface area (Å²) in [4.78, 5) is 28.3. The Labute approximate surface area is 178 Å². The number of carbonyl (C=O) groups is 2. The van der Waals surface area contributed by atoms with Gasteiger partial charge in [0.1, 0.15) is 5.82 Å². The third-order valence-electron chi connectivity index (χ3n) is 4.31. The molecule has 6 nitrogen and oxygen atoms in total. The minimum atomic E-state index is -0.945. The highest BCUT2D eigenvalue weighted by molar-refractivity contribution is 6.31. The van der Waals surface area contributed by atoms with Gasteiger partial charge in [-0.25, -0.2) is 9.37 Å². The van der Waals surface area contributed by atoms with E-state index in [9.17, 15) is 14.0 Å². The van der Waals surface area contributed by atoms with Crippen LogP contribution in [0.15, 0.2) is 59.1 Å². The van der Waals surface area contributed by atoms with E-state index >= 15 is 0 Å². The quantitative estimate of drug-likeness (QED) is 0.538. The van der Waals surface area contributed by atoms with Crippen LogP contribution >= 0.6 is 11.6 Å². The number of hydrogen-bond acceptors (Lipinski definition) is 5. The number of nitrogens with one attached hydrogen (secondary N) is 1. The summed E-state index contributed by atoms with van der Waals surface area (Å²) in [5, 5.41) is 3.24. The lowest BCUT2D eigenvalue weighted by molar-refractivity contribution is -0.154. The number of oxazole rings is 1. The molecular formula is C22H20ClFN2O4. The number of ether oxygens (including phenoxy) is 1. The molecule has 0 aliphatic rings. The third kappa shape index (κ3) is 5.90. The summed E-state index contributed by atoms with van der Waals surface area (Å²) in [5.74, 6) is -0.478. The number of amides is 1. The van der Waals surface area contributed by atoms with E-state index in [0.29, 0.717) is 22.2 Å². The molecule has 156 valence electrons. The Morgan fingerprint density at radius 3 is 2.67 bits per heavy atom. The molecule has 1 atom stereocenters. The third-order valence-corrected chi connectivity index (χ3v) is 4.68. The van der Waals surface area contributed by atoms with Crippen LogP contribution in [0.1, 0.15) is 24.8 Å². The van der Waals surface area contributed by atoms with Crippen molar-refractivity contribution < 1.29 is 23.1 Å². The number of nitrogens with zero attached hydrogens (tertiary/aromatic N) is 1. The van der Waals surface area contributed by atoms with E-state index in [0.717, 1.165) is 5.56 Å². The predicted octanol–water partition coefficient (Wildman–Crippen LogP) is 4.31. The van der Waals surface area contributed by atoms with Gasteiger partial charge >= 0.3 is 5.97 Å². The van der Waals surface area contributed by atoms with Crippen molar-refractivity contribution in [2.24, 2.45) is 0 Å². The number of esters is 1. The van der Waals surface area contributed by atoms with Crippen molar-refractivity contribution in [2.75, 3.05) is 0 Å². The first-order chi connectivity index (χ1) is 14.4. The van der Waals surface area contributed by atoms with E-state index < -0.39 is 18.0 Å². The first-order valence-electron chi connectivity index (χ1n) is 9.33. The molecule has 1 N–H and O–H groups in total. The number of aryl methyl sites for hydroxylation is 1. The van der Waals surface area contributed by atoms with Crippen molar-refractivity contribution in [2.45, 2.75) is 32.4 Å². The molecule has 3 aromatic rings. The predicted molar refractivity (Wildman–Crippen MR) is 109 cm³/mol. The van der Waals surface area contributed by atoms with Crippen molar-refractivity contribution in [3.8, 4) is 11.3 Å². The summed E-state index contributed by atoms with van der Waals surface area (Å²) < 4.78 is 23.7. The molecular weight excluding hydrogens is 411 g/mol. The van der Waals surface area contributed by atoms with Gasteiger partial charge in [-0.1, -0.05) is 29.8 Å². The Bertz CT molecular complexity index is 1020. The zero-order valence-corrected chi connectivity index (χ0v) is 17.0. The van der Waals surface area contributed by atoms with Crippen LogP contribution in [0, 0.1) is 5.82 Å². The van der Waals surface area contributed by atoms with Crippen molar-refractivity contribution >= 4 is 23.5 Å². The Morgan fingerprint density at radius 2 is 1.93 bits per heavy atom. The molecule has 0 aliphatic carbocycles. The Balaban J connectivity index is 1.44. The van der Waals surface area contributed by atoms with Gasteiger partial charge in [0.15, 0.2) is 17.8 Å². The Kier molecular flexibility index (Phi) is 7.19. The van der Waals surface area contributed by atoms with Crippen LogP contribution in [0.4, 0.5) is 4.39 Å². The number of benzene rings is 2. The molecule has 2 aromatic carbocycles. The molecule has 0 radical (unpaired) electrons. The normalized spacial score (nSPS) is 11.7. The van der Waals surface area contributed by atoms with E-state index in [-0.39, 0.29) is 25.2 Å². The van der Waals surface area contributed by atoms with Crippen LogP contribution in [-0.4, -0.2) is 23.0 Å². The van der Waals surface area contributed by atoms with Crippen LogP contribution in [-0.2, 0) is 27.3 Å². The number of aromatic nitrogens is 1. The molecule has 0 bridgehead atoms. The lowest BCUT2D eigenvalue weighted by atomic mass is 10.2. The zero-order chi connectivity index (χ0) is 21.5. The van der Waals surface area contributed by atoms with Crippen molar-refractivity contribution in [3.63, 3.8) is 0 Å². The van der Waals surface area contributed by atoms with Gasteiger partial charge in [0.05, 0.1) is 12.6 Å². The van der Waals surface area contributed by atoms with Crippen molar-refractivity contribution in [3.05, 3.63) is 77.0 Å². The lowest BCUT2D eigenvalue weighted by Gasteiger charge is -2.13. The van der Waals surface area contributed by atoms with Crippen LogP contribution in [0.5, 0.6) is 0 Å². The van der Waals surface area contributed by atoms with Gasteiger partial charge in [-0.15, -0.1) is 0 Å². The van der Waals surface area contributed by atoms with Crippen LogP contribution in [0.25, 0.3) is 11.3 Å². The van der Waals surface area contributed by atoms with E-state index in [4.69, 9.17) is 20.8 Å². The smallest absolute Gasteiger partial charge is 0.307 e. The summed E-state index contributed by atoms with van der Waals surface area (Å²) in [7, 11) is 0. The molecule has 1 aromatic heterocycles. The van der Waals surface area contributed by atoms with Gasteiger partial charge in [-0.2, -0.15) is 0 Å². The zero-order valence-electron chi connectivity index (χ0n) is 16.2. The monoisotopic (exact) mass is 430 g/mol. The first-order valence-corrected chi connectivity index (χ1v) is 9.71. The standard InChI is InChI=1S/C22H20ClFN2O4/c1-14(22(28)26-12-16-4-2-3-5-18(16)23)29-21(27)11-10-20-25-13-19(30-20)15-6-8-17(24)9-7-15/h2-9,13-14H,10-12H2,1H3,(H,26,28). The molecule has 8 heteroatoms. The SMILES string of the molecule is CC(OC(=O)CCc1ncc(-c2ccc(F)cc2)o1)C(=O)NCc1ccccc1Cl. The highest BCUT2D eigenvalue weighted by Crippen LogP contribution is 2.21. The molecule has 0 spiro atoms. The average molecular weight is 431 g/mol. The molecule has 1 unspecified atom stereocenters. The highest BCUT2D eigenvalue weighted by atomic mass is 35.5. The largest absolute Gasteiger partial charge is 0.453 e. The van der Waals surface area contributed by atoms with Crippen LogP contribution < -0.4 is 5.32 Å². The van der Waals surface area contributed by atoms with E-state index in [1.165, 1.54) is 25.3 Å². The lowest BCUT2D eigenvalue weighted by Crippen LogP contribution is -2.35. The summed E-state index contributed by atoms with van der Waals surface area (Å²) >= 11 is 6.05. The summed E-state index contributed by atoms with van der Waals surface area (Å²) in [5.41, 5.74) is 1.45. The maximum atomic E-state index is 13.0. The van der Waals surface area contributed by atoms with Crippen LogP contribution in [0.3, 0.4) is 0 Å². The minimum Gasteiger partial charge on any atom is -0.453 e. The van der Waals surface area contributed by atoms with Gasteiger partial charge in [0.25, 0.3) is 5.91 Å². The topological polar surface area (TPSA) is 81.4 Å². The molecule has 0 fully saturated rings. The fourth-order valence-electron chi connectivity index (χ4n) is 2.66. The second-order valence-corrected chi connectivity index (χ2v) is 6.97. The number of rotatable bonds is 8. The summed E-state index contributed by atoms with van der Waals surface area (Å²) in [6.07, 6.45) is 0.789. The fraction of sp³-hybridized carbons (Fsp3) is 0.227. The Hall–Kier alpha value is -3.19. The van der Waals surface area contributed by atoms with Gasteiger partial charge in [0, 0.05) is 23.6 Å². The second kappa shape index (κ2) is 10.0. The first kappa shape index (κ1) is 21.5. The summed E-state index contributed by atoms with van der Waals surface area (Å²) in [6.45, 7) is 1.74. The van der Waals surface area contributed by atoms with Gasteiger partial charge in [-0.3, -0.25) is 9.59 Å². The number of halogens is 2. The fourth-order valence-corrected chi connectivity index (χ4v) is 2.86. The molecule has 0 saturated heterocycles. The average Bonchev–Trinajstić information content (AvgIpc) is 3.21. The van der Waals surface area contributed by atoms with Crippen molar-refractivity contribution in [1.82, 2.24) is 10.3 Å². The highest BCUT2D eigenvalue weighted by Gasteiger charge is 2.18. The molecule has 0 saturated carbocycles. The van der Waals surface area contributed by atoms with E-state index in [1.807, 2.05) is 6.07 Å². The van der Waals surface area contributed by atoms with E-state index in [2.05, 4.69) is 10.3 Å². The van der Waals surface area contributed by atoms with E-state index in [1.54, 1.807) is 30.3 Å². The molecule has 30 heavy (non-hydrogen) atoms. The van der Waals surface area contributed by atoms with Crippen LogP contribution in [0.2, 0.25) is 5.02 Å². The molecule has 0 aliphatic heterocycles. The second-order valence-electron chi connectivity index (χ2n) is 6.57. The maximum Gasteiger partial charge on any atom is 0.307 e. The van der Waals surface area contributed by atoms with Gasteiger partial charge in [0.2, 0.25) is 0 Å². The van der Waals surface area contributed by atoms with Gasteiger partial charge < -0.3 is 14.5 Å².